The van der Waals surface area contributed by atoms with E-state index in [1.807, 2.05) is 0 Å². The first-order chi connectivity index (χ1) is 20.4. The molecule has 0 aliphatic carbocycles. The van der Waals surface area contributed by atoms with Gasteiger partial charge in [-0.2, -0.15) is 31.4 Å². The Morgan fingerprint density at radius 2 is 1.53 bits per heavy atom. The average Bonchev–Trinajstić information content (AvgIpc) is 3.49. The Balaban J connectivity index is 1.25. The average molecular weight is 600 g/mol. The van der Waals surface area contributed by atoms with Gasteiger partial charge < -0.3 is 21.1 Å². The Morgan fingerprint density at radius 3 is 2.16 bits per heavy atom. The number of aromatic nitrogens is 5. The zero-order chi connectivity index (χ0) is 30.8. The molecule has 0 saturated heterocycles. The molecule has 2 amide bonds. The fraction of sp³-hybridized carbons (Fsp3) is 0.0741. The SMILES string of the molecule is Nc1ncc(C(F)(F)F)cc1-c1ccc(Oc2ncc(NC(=O)Nc3cc(C(F)(F)F)ccc3-n3cccn3)cn2)cc1. The number of hydrogen-bond acceptors (Lipinski definition) is 7. The smallest absolute Gasteiger partial charge is 0.417 e. The number of pyridine rings is 1. The third-order valence-corrected chi connectivity index (χ3v) is 5.83. The molecular weight excluding hydrogens is 582 g/mol. The molecule has 5 rings (SSSR count). The van der Waals surface area contributed by atoms with Crippen LogP contribution in [0.3, 0.4) is 0 Å². The van der Waals surface area contributed by atoms with E-state index in [0.717, 1.165) is 18.2 Å². The first-order valence-electron chi connectivity index (χ1n) is 12.1. The molecule has 4 N–H and O–H groups in total. The van der Waals surface area contributed by atoms with Crippen LogP contribution in [0.2, 0.25) is 0 Å². The lowest BCUT2D eigenvalue weighted by Gasteiger charge is -2.15. The molecule has 0 aliphatic heterocycles. The number of benzene rings is 2. The molecule has 2 aromatic carbocycles. The lowest BCUT2D eigenvalue weighted by molar-refractivity contribution is -0.138. The molecular formula is C27H18F6N8O2. The lowest BCUT2D eigenvalue weighted by Crippen LogP contribution is -2.21. The molecule has 5 aromatic rings. The van der Waals surface area contributed by atoms with Crippen LogP contribution in [0.1, 0.15) is 11.1 Å². The zero-order valence-electron chi connectivity index (χ0n) is 21.5. The van der Waals surface area contributed by atoms with E-state index in [-0.39, 0.29) is 40.2 Å². The van der Waals surface area contributed by atoms with Crippen molar-refractivity contribution in [1.29, 1.82) is 0 Å². The van der Waals surface area contributed by atoms with Gasteiger partial charge in [-0.1, -0.05) is 12.1 Å². The maximum absolute atomic E-state index is 13.3. The number of amides is 2. The van der Waals surface area contributed by atoms with E-state index >= 15 is 0 Å². The van der Waals surface area contributed by atoms with Gasteiger partial charge in [-0.05, 0) is 48.0 Å². The number of rotatable bonds is 6. The summed E-state index contributed by atoms with van der Waals surface area (Å²) in [4.78, 5) is 24.2. The molecule has 3 heterocycles. The van der Waals surface area contributed by atoms with Crippen molar-refractivity contribution < 1.29 is 35.9 Å². The molecule has 0 spiro atoms. The fourth-order valence-electron chi connectivity index (χ4n) is 3.81. The molecule has 0 saturated carbocycles. The van der Waals surface area contributed by atoms with Gasteiger partial charge in [0.2, 0.25) is 0 Å². The molecule has 16 heteroatoms. The van der Waals surface area contributed by atoms with Gasteiger partial charge in [0, 0.05) is 24.2 Å². The van der Waals surface area contributed by atoms with Crippen LogP contribution in [0, 0.1) is 0 Å². The van der Waals surface area contributed by atoms with Crippen LogP contribution in [0.5, 0.6) is 11.8 Å². The summed E-state index contributed by atoms with van der Waals surface area (Å²) in [5.74, 6) is 0.166. The number of ether oxygens (including phenoxy) is 1. The van der Waals surface area contributed by atoms with Crippen molar-refractivity contribution in [3.05, 3.63) is 96.7 Å². The second-order valence-electron chi connectivity index (χ2n) is 8.79. The topological polar surface area (TPSA) is 133 Å². The van der Waals surface area contributed by atoms with Crippen LogP contribution >= 0.6 is 0 Å². The molecule has 43 heavy (non-hydrogen) atoms. The van der Waals surface area contributed by atoms with Crippen molar-refractivity contribution in [2.75, 3.05) is 16.4 Å². The molecule has 0 atom stereocenters. The summed E-state index contributed by atoms with van der Waals surface area (Å²) >= 11 is 0. The van der Waals surface area contributed by atoms with Crippen molar-refractivity contribution in [2.45, 2.75) is 12.4 Å². The summed E-state index contributed by atoms with van der Waals surface area (Å²) in [7, 11) is 0. The molecule has 3 aromatic heterocycles. The van der Waals surface area contributed by atoms with Crippen molar-refractivity contribution in [2.24, 2.45) is 0 Å². The maximum Gasteiger partial charge on any atom is 0.417 e. The van der Waals surface area contributed by atoms with Gasteiger partial charge in [0.25, 0.3) is 0 Å². The highest BCUT2D eigenvalue weighted by Crippen LogP contribution is 2.35. The number of halogens is 6. The molecule has 0 unspecified atom stereocenters. The fourth-order valence-corrected chi connectivity index (χ4v) is 3.81. The first kappa shape index (κ1) is 28.8. The van der Waals surface area contributed by atoms with E-state index in [9.17, 15) is 31.1 Å². The summed E-state index contributed by atoms with van der Waals surface area (Å²) < 4.78 is 85.8. The number of hydrogen-bond donors (Lipinski definition) is 3. The van der Waals surface area contributed by atoms with E-state index in [2.05, 4.69) is 30.7 Å². The Bertz CT molecular complexity index is 1740. The standard InChI is InChI=1S/C27H18F6N8O2/c28-26(29,30)16-4-7-22(41-9-1-8-38-41)21(11-16)40-24(42)39-18-13-36-25(37-14-18)43-19-5-2-15(3-6-19)20-10-17(27(31,32)33)12-35-23(20)34/h1-14H,(H2,34,35)(H2,39,40,42). The van der Waals surface area contributed by atoms with Gasteiger partial charge in [0.1, 0.15) is 11.6 Å². The van der Waals surface area contributed by atoms with Crippen LogP contribution < -0.4 is 21.1 Å². The minimum atomic E-state index is -4.64. The van der Waals surface area contributed by atoms with Gasteiger partial charge in [0.15, 0.2) is 0 Å². The minimum Gasteiger partial charge on any atom is -0.424 e. The van der Waals surface area contributed by atoms with E-state index in [1.165, 1.54) is 59.8 Å². The monoisotopic (exact) mass is 600 g/mol. The number of carbonyl (C=O) groups excluding carboxylic acids is 1. The highest BCUT2D eigenvalue weighted by molar-refractivity contribution is 6.00. The van der Waals surface area contributed by atoms with E-state index < -0.39 is 29.5 Å². The predicted octanol–water partition coefficient (Wildman–Crippen LogP) is 6.78. The summed E-state index contributed by atoms with van der Waals surface area (Å²) in [5.41, 5.74) is 4.45. The molecule has 0 radical (unpaired) electrons. The van der Waals surface area contributed by atoms with Crippen LogP contribution in [0.15, 0.2) is 85.6 Å². The Morgan fingerprint density at radius 1 is 0.837 bits per heavy atom. The summed E-state index contributed by atoms with van der Waals surface area (Å²) in [6.07, 6.45) is -3.23. The van der Waals surface area contributed by atoms with Crippen LogP contribution in [0.4, 0.5) is 48.3 Å². The van der Waals surface area contributed by atoms with E-state index in [0.29, 0.717) is 11.8 Å². The summed E-state index contributed by atoms with van der Waals surface area (Å²) in [5, 5.41) is 8.79. The van der Waals surface area contributed by atoms with Gasteiger partial charge in [0.05, 0.1) is 40.6 Å². The Hall–Kier alpha value is -5.67. The number of urea groups is 1. The molecule has 220 valence electrons. The van der Waals surface area contributed by atoms with Crippen LogP contribution in [-0.2, 0) is 12.4 Å². The number of alkyl halides is 6. The van der Waals surface area contributed by atoms with Crippen molar-refractivity contribution in [3.8, 4) is 28.6 Å². The number of nitrogens with zero attached hydrogens (tertiary/aromatic N) is 5. The van der Waals surface area contributed by atoms with Gasteiger partial charge in [-0.15, -0.1) is 0 Å². The highest BCUT2D eigenvalue weighted by Gasteiger charge is 2.32. The van der Waals surface area contributed by atoms with Crippen molar-refractivity contribution in [3.63, 3.8) is 0 Å². The number of carbonyl (C=O) groups is 1. The number of nitrogens with one attached hydrogen (secondary N) is 2. The Labute approximate surface area is 238 Å². The third-order valence-electron chi connectivity index (χ3n) is 5.83. The van der Waals surface area contributed by atoms with Crippen molar-refractivity contribution in [1.82, 2.24) is 24.7 Å². The van der Waals surface area contributed by atoms with Crippen LogP contribution in [-0.4, -0.2) is 30.8 Å². The second kappa shape index (κ2) is 11.3. The molecule has 0 fully saturated rings. The number of nitrogen functional groups attached to an aromatic ring is 1. The first-order valence-corrected chi connectivity index (χ1v) is 12.1. The predicted molar refractivity (Wildman–Crippen MR) is 142 cm³/mol. The highest BCUT2D eigenvalue weighted by atomic mass is 19.4. The normalized spacial score (nSPS) is 11.7. The summed E-state index contributed by atoms with van der Waals surface area (Å²) in [6.45, 7) is 0. The second-order valence-corrected chi connectivity index (χ2v) is 8.79. The van der Waals surface area contributed by atoms with E-state index in [4.69, 9.17) is 10.5 Å². The summed E-state index contributed by atoms with van der Waals surface area (Å²) in [6, 6.07) is 10.2. The zero-order valence-corrected chi connectivity index (χ0v) is 21.5. The van der Waals surface area contributed by atoms with Crippen LogP contribution in [0.25, 0.3) is 16.8 Å². The van der Waals surface area contributed by atoms with Gasteiger partial charge >= 0.3 is 24.4 Å². The third kappa shape index (κ3) is 6.80. The molecule has 0 bridgehead atoms. The van der Waals surface area contributed by atoms with Crippen molar-refractivity contribution >= 4 is 23.2 Å². The largest absolute Gasteiger partial charge is 0.424 e. The molecule has 10 nitrogen and oxygen atoms in total. The lowest BCUT2D eigenvalue weighted by atomic mass is 10.0. The quantitative estimate of drug-likeness (QED) is 0.183. The number of nitrogens with two attached hydrogens (primary N) is 1. The number of anilines is 3. The Kier molecular flexibility index (Phi) is 7.58. The van der Waals surface area contributed by atoms with Gasteiger partial charge in [-0.25, -0.2) is 24.4 Å². The van der Waals surface area contributed by atoms with Gasteiger partial charge in [-0.3, -0.25) is 0 Å². The minimum absolute atomic E-state index is 0.0807. The van der Waals surface area contributed by atoms with E-state index in [1.54, 1.807) is 6.07 Å². The molecule has 0 aliphatic rings. The maximum atomic E-state index is 13.3.